The van der Waals surface area contributed by atoms with E-state index in [2.05, 4.69) is 26.1 Å². The van der Waals surface area contributed by atoms with Crippen LogP contribution in [0.15, 0.2) is 33.3 Å². The maximum Gasteiger partial charge on any atom is 0.257 e. The second-order valence-corrected chi connectivity index (χ2v) is 3.81. The van der Waals surface area contributed by atoms with Crippen LogP contribution in [0.2, 0.25) is 0 Å². The third-order valence-corrected chi connectivity index (χ3v) is 2.35. The van der Waals surface area contributed by atoms with Crippen LogP contribution in [-0.4, -0.2) is 16.4 Å². The first-order valence-corrected chi connectivity index (χ1v) is 5.11. The predicted molar refractivity (Wildman–Crippen MR) is 57.2 cm³/mol. The van der Waals surface area contributed by atoms with Crippen LogP contribution in [0.5, 0.6) is 0 Å². The molecule has 0 radical (unpaired) electrons. The number of hydrogen-bond acceptors (Lipinski definition) is 4. The molecule has 0 aliphatic rings. The van der Waals surface area contributed by atoms with E-state index in [1.165, 1.54) is 0 Å². The molecule has 0 fully saturated rings. The molecular formula is C10H7BrN2O2. The number of carbonyl (C=O) groups is 1. The van der Waals surface area contributed by atoms with Crippen LogP contribution in [0, 0.1) is 0 Å². The Balaban J connectivity index is 2.28. The lowest BCUT2D eigenvalue weighted by Gasteiger charge is -1.92. The normalized spacial score (nSPS) is 10.2. The molecular weight excluding hydrogens is 260 g/mol. The van der Waals surface area contributed by atoms with Crippen molar-refractivity contribution in [3.63, 3.8) is 0 Å². The maximum atomic E-state index is 10.2. The molecule has 0 aliphatic carbocycles. The van der Waals surface area contributed by atoms with E-state index >= 15 is 0 Å². The first kappa shape index (κ1) is 10.0. The Morgan fingerprint density at radius 3 is 2.73 bits per heavy atom. The fraction of sp³-hybridized carbons (Fsp3) is 0.100. The van der Waals surface area contributed by atoms with Crippen LogP contribution in [0.4, 0.5) is 0 Å². The zero-order chi connectivity index (χ0) is 10.7. The maximum absolute atomic E-state index is 10.2. The third kappa shape index (κ3) is 2.30. The van der Waals surface area contributed by atoms with Gasteiger partial charge < -0.3 is 9.32 Å². The number of nitrogens with zero attached hydrogens (tertiary/aromatic N) is 2. The van der Waals surface area contributed by atoms with Gasteiger partial charge in [-0.15, -0.1) is 0 Å². The predicted octanol–water partition coefficient (Wildman–Crippen LogP) is 2.24. The number of rotatable bonds is 3. The Labute approximate surface area is 94.4 Å². The molecule has 0 atom stereocenters. The standard InChI is InChI=1S/C10H7BrN2O2/c11-8-3-1-7(2-4-8)10-12-9(5-6-14)13-15-10/h1-4,6H,5H2. The number of benzene rings is 1. The molecule has 0 saturated carbocycles. The summed E-state index contributed by atoms with van der Waals surface area (Å²) in [5, 5.41) is 3.68. The number of carbonyl (C=O) groups excluding carboxylic acids is 1. The van der Waals surface area contributed by atoms with Crippen molar-refractivity contribution in [2.24, 2.45) is 0 Å². The minimum absolute atomic E-state index is 0.181. The van der Waals surface area contributed by atoms with E-state index in [0.717, 1.165) is 16.3 Å². The van der Waals surface area contributed by atoms with Crippen LogP contribution < -0.4 is 0 Å². The van der Waals surface area contributed by atoms with Gasteiger partial charge in [-0.1, -0.05) is 21.1 Å². The fourth-order valence-electron chi connectivity index (χ4n) is 1.12. The Kier molecular flexibility index (Phi) is 2.91. The lowest BCUT2D eigenvalue weighted by atomic mass is 10.2. The summed E-state index contributed by atoms with van der Waals surface area (Å²) in [5.41, 5.74) is 0.836. The summed E-state index contributed by atoms with van der Waals surface area (Å²) in [4.78, 5) is 14.3. The molecule has 0 unspecified atom stereocenters. The van der Waals surface area contributed by atoms with Crippen molar-refractivity contribution in [3.8, 4) is 11.5 Å². The van der Waals surface area contributed by atoms with E-state index in [9.17, 15) is 4.79 Å². The van der Waals surface area contributed by atoms with Crippen LogP contribution in [0.1, 0.15) is 5.82 Å². The minimum Gasteiger partial charge on any atom is -0.334 e. The highest BCUT2D eigenvalue weighted by Gasteiger charge is 2.07. The summed E-state index contributed by atoms with van der Waals surface area (Å²) < 4.78 is 5.99. The number of aromatic nitrogens is 2. The highest BCUT2D eigenvalue weighted by molar-refractivity contribution is 9.10. The Morgan fingerprint density at radius 1 is 1.33 bits per heavy atom. The van der Waals surface area contributed by atoms with Gasteiger partial charge in [0.1, 0.15) is 6.29 Å². The summed E-state index contributed by atoms with van der Waals surface area (Å²) in [6, 6.07) is 7.50. The Bertz CT molecular complexity index is 465. The first-order valence-electron chi connectivity index (χ1n) is 4.32. The number of hydrogen-bond donors (Lipinski definition) is 0. The van der Waals surface area contributed by atoms with Gasteiger partial charge in [-0.2, -0.15) is 4.98 Å². The van der Waals surface area contributed by atoms with Gasteiger partial charge in [-0.05, 0) is 24.3 Å². The molecule has 0 N–H and O–H groups in total. The van der Waals surface area contributed by atoms with Crippen LogP contribution in [0.3, 0.4) is 0 Å². The van der Waals surface area contributed by atoms with E-state index in [1.807, 2.05) is 24.3 Å². The molecule has 2 aromatic rings. The summed E-state index contributed by atoms with van der Waals surface area (Å²) in [7, 11) is 0. The molecule has 2 rings (SSSR count). The largest absolute Gasteiger partial charge is 0.334 e. The molecule has 0 amide bonds. The molecule has 0 bridgehead atoms. The van der Waals surface area contributed by atoms with Gasteiger partial charge in [-0.3, -0.25) is 0 Å². The van der Waals surface area contributed by atoms with Gasteiger partial charge in [0.25, 0.3) is 5.89 Å². The average molecular weight is 267 g/mol. The van der Waals surface area contributed by atoms with E-state index in [0.29, 0.717) is 11.7 Å². The molecule has 0 spiro atoms. The molecule has 76 valence electrons. The molecule has 1 aromatic carbocycles. The van der Waals surface area contributed by atoms with Gasteiger partial charge in [0, 0.05) is 10.0 Å². The van der Waals surface area contributed by atoms with Crippen molar-refractivity contribution in [1.29, 1.82) is 0 Å². The highest BCUT2D eigenvalue weighted by Crippen LogP contribution is 2.19. The topological polar surface area (TPSA) is 56.0 Å². The van der Waals surface area contributed by atoms with E-state index in [1.54, 1.807) is 0 Å². The van der Waals surface area contributed by atoms with Crippen molar-refractivity contribution in [2.75, 3.05) is 0 Å². The minimum atomic E-state index is 0.181. The third-order valence-electron chi connectivity index (χ3n) is 1.83. The molecule has 15 heavy (non-hydrogen) atoms. The summed E-state index contributed by atoms with van der Waals surface area (Å²) in [5.74, 6) is 0.835. The van der Waals surface area contributed by atoms with Gasteiger partial charge >= 0.3 is 0 Å². The quantitative estimate of drug-likeness (QED) is 0.800. The average Bonchev–Trinajstić information content (AvgIpc) is 2.68. The van der Waals surface area contributed by atoms with Crippen molar-refractivity contribution in [3.05, 3.63) is 34.6 Å². The SMILES string of the molecule is O=CCc1noc(-c2ccc(Br)cc2)n1. The molecule has 1 heterocycles. The monoisotopic (exact) mass is 266 g/mol. The Hall–Kier alpha value is -1.49. The second-order valence-electron chi connectivity index (χ2n) is 2.89. The van der Waals surface area contributed by atoms with Crippen molar-refractivity contribution < 1.29 is 9.32 Å². The zero-order valence-electron chi connectivity index (χ0n) is 7.68. The molecule has 0 saturated heterocycles. The molecule has 5 heteroatoms. The van der Waals surface area contributed by atoms with E-state index in [-0.39, 0.29) is 6.42 Å². The van der Waals surface area contributed by atoms with E-state index < -0.39 is 0 Å². The van der Waals surface area contributed by atoms with Crippen LogP contribution >= 0.6 is 15.9 Å². The summed E-state index contributed by atoms with van der Waals surface area (Å²) >= 11 is 3.34. The Morgan fingerprint density at radius 2 is 2.07 bits per heavy atom. The lowest BCUT2D eigenvalue weighted by Crippen LogP contribution is -1.87. The zero-order valence-corrected chi connectivity index (χ0v) is 9.27. The van der Waals surface area contributed by atoms with Crippen molar-refractivity contribution in [2.45, 2.75) is 6.42 Å². The smallest absolute Gasteiger partial charge is 0.257 e. The second kappa shape index (κ2) is 4.35. The van der Waals surface area contributed by atoms with Gasteiger partial charge in [0.15, 0.2) is 5.82 Å². The fourth-order valence-corrected chi connectivity index (χ4v) is 1.39. The van der Waals surface area contributed by atoms with Gasteiger partial charge in [0.2, 0.25) is 0 Å². The summed E-state index contributed by atoms with van der Waals surface area (Å²) in [6.07, 6.45) is 0.927. The lowest BCUT2D eigenvalue weighted by molar-refractivity contribution is -0.107. The van der Waals surface area contributed by atoms with Gasteiger partial charge in [0.05, 0.1) is 6.42 Å². The molecule has 4 nitrogen and oxygen atoms in total. The van der Waals surface area contributed by atoms with Crippen LogP contribution in [-0.2, 0) is 11.2 Å². The van der Waals surface area contributed by atoms with Crippen LogP contribution in [0.25, 0.3) is 11.5 Å². The number of halogens is 1. The first-order chi connectivity index (χ1) is 7.29. The van der Waals surface area contributed by atoms with Gasteiger partial charge in [-0.25, -0.2) is 0 Å². The van der Waals surface area contributed by atoms with Crippen molar-refractivity contribution >= 4 is 22.2 Å². The highest BCUT2D eigenvalue weighted by atomic mass is 79.9. The number of aldehydes is 1. The van der Waals surface area contributed by atoms with Crippen molar-refractivity contribution in [1.82, 2.24) is 10.1 Å². The summed E-state index contributed by atoms with van der Waals surface area (Å²) in [6.45, 7) is 0. The van der Waals surface area contributed by atoms with E-state index in [4.69, 9.17) is 4.52 Å². The molecule has 0 aliphatic heterocycles. The molecule has 1 aromatic heterocycles.